The Morgan fingerprint density at radius 2 is 2.10 bits per heavy atom. The molecule has 0 spiro atoms. The summed E-state index contributed by atoms with van der Waals surface area (Å²) in [6, 6.07) is 4.64. The number of hydrogen-bond donors (Lipinski definition) is 2. The number of rotatable bonds is 3. The van der Waals surface area contributed by atoms with Crippen LogP contribution in [0.4, 0.5) is 0 Å². The minimum Gasteiger partial charge on any atom is -0.495 e. The Kier molecular flexibility index (Phi) is 3.85. The van der Waals surface area contributed by atoms with Gasteiger partial charge in [0, 0.05) is 5.02 Å². The van der Waals surface area contributed by atoms with Gasteiger partial charge in [0.25, 0.3) is 5.56 Å². The van der Waals surface area contributed by atoms with E-state index in [1.54, 1.807) is 19.1 Å². The van der Waals surface area contributed by atoms with Crippen LogP contribution in [-0.4, -0.2) is 21.8 Å². The molecule has 0 unspecified atom stereocenters. The molecule has 20 heavy (non-hydrogen) atoms. The zero-order chi connectivity index (χ0) is 14.9. The normalized spacial score (nSPS) is 10.6. The molecule has 2 rings (SSSR count). The van der Waals surface area contributed by atoms with Crippen LogP contribution in [0.2, 0.25) is 5.02 Å². The van der Waals surface area contributed by atoms with Crippen molar-refractivity contribution in [2.75, 3.05) is 7.11 Å². The molecule has 106 valence electrons. The Labute approximate surface area is 119 Å². The average molecular weight is 297 g/mol. The van der Waals surface area contributed by atoms with Crippen LogP contribution in [0.15, 0.2) is 27.8 Å². The van der Waals surface area contributed by atoms with Gasteiger partial charge in [-0.25, -0.2) is 9.36 Å². The number of ether oxygens (including phenoxy) is 1. The lowest BCUT2D eigenvalue weighted by molar-refractivity contribution is 0.399. The number of halogens is 1. The molecule has 0 saturated heterocycles. The van der Waals surface area contributed by atoms with Gasteiger partial charge < -0.3 is 9.84 Å². The Hall–Kier alpha value is -2.21. The van der Waals surface area contributed by atoms with Crippen LogP contribution in [-0.2, 0) is 6.42 Å². The fourth-order valence-corrected chi connectivity index (χ4v) is 2.11. The molecule has 0 amide bonds. The summed E-state index contributed by atoms with van der Waals surface area (Å²) in [6.07, 6.45) is 0.282. The average Bonchev–Trinajstić information content (AvgIpc) is 2.39. The molecule has 0 aliphatic heterocycles. The number of benzene rings is 1. The van der Waals surface area contributed by atoms with Gasteiger partial charge in [0.2, 0.25) is 5.88 Å². The predicted octanol–water partition coefficient (Wildman–Crippen LogP) is 1.46. The van der Waals surface area contributed by atoms with E-state index in [9.17, 15) is 14.7 Å². The first-order valence-corrected chi connectivity index (χ1v) is 6.28. The minimum atomic E-state index is -0.759. The molecule has 1 aromatic heterocycles. The summed E-state index contributed by atoms with van der Waals surface area (Å²) in [5.41, 5.74) is -0.988. The van der Waals surface area contributed by atoms with Crippen LogP contribution < -0.4 is 16.0 Å². The van der Waals surface area contributed by atoms with E-state index in [2.05, 4.69) is 4.98 Å². The summed E-state index contributed by atoms with van der Waals surface area (Å²) in [5, 5.41) is 10.5. The van der Waals surface area contributed by atoms with Crippen LogP contribution in [0.5, 0.6) is 11.6 Å². The molecule has 0 aliphatic rings. The van der Waals surface area contributed by atoms with Gasteiger partial charge in [-0.2, -0.15) is 0 Å². The van der Waals surface area contributed by atoms with Gasteiger partial charge >= 0.3 is 5.69 Å². The summed E-state index contributed by atoms with van der Waals surface area (Å²) < 4.78 is 6.11. The van der Waals surface area contributed by atoms with E-state index < -0.39 is 17.1 Å². The van der Waals surface area contributed by atoms with Crippen molar-refractivity contribution < 1.29 is 9.84 Å². The third-order valence-corrected chi connectivity index (χ3v) is 3.15. The quantitative estimate of drug-likeness (QED) is 0.898. The lowest BCUT2D eigenvalue weighted by Crippen LogP contribution is -2.31. The number of H-pyrrole nitrogens is 1. The molecule has 2 N–H and O–H groups in total. The first kappa shape index (κ1) is 14.2. The third kappa shape index (κ3) is 2.30. The summed E-state index contributed by atoms with van der Waals surface area (Å²) in [4.78, 5) is 25.7. The molecule has 6 nitrogen and oxygen atoms in total. The molecule has 0 saturated carbocycles. The Bertz CT molecular complexity index is 764. The molecule has 0 fully saturated rings. The molecule has 1 aromatic carbocycles. The summed E-state index contributed by atoms with van der Waals surface area (Å²) >= 11 is 5.91. The Morgan fingerprint density at radius 3 is 2.70 bits per heavy atom. The van der Waals surface area contributed by atoms with Gasteiger partial charge in [-0.15, -0.1) is 0 Å². The van der Waals surface area contributed by atoms with E-state index >= 15 is 0 Å². The topological polar surface area (TPSA) is 84.3 Å². The SMILES string of the molecule is CCc1c(O)n(-c2cc(Cl)ccc2OC)c(=O)[nH]c1=O. The number of hydrogen-bond acceptors (Lipinski definition) is 4. The highest BCUT2D eigenvalue weighted by Gasteiger charge is 2.17. The van der Waals surface area contributed by atoms with E-state index in [0.717, 1.165) is 4.57 Å². The minimum absolute atomic E-state index is 0.117. The third-order valence-electron chi connectivity index (χ3n) is 2.91. The van der Waals surface area contributed by atoms with Gasteiger partial charge in [-0.1, -0.05) is 18.5 Å². The van der Waals surface area contributed by atoms with Crippen molar-refractivity contribution in [1.82, 2.24) is 9.55 Å². The molecular weight excluding hydrogens is 284 g/mol. The van der Waals surface area contributed by atoms with E-state index in [1.165, 1.54) is 13.2 Å². The van der Waals surface area contributed by atoms with Crippen LogP contribution in [0, 0.1) is 0 Å². The second-order valence-electron chi connectivity index (χ2n) is 4.07. The van der Waals surface area contributed by atoms with Gasteiger partial charge in [-0.05, 0) is 24.6 Å². The highest BCUT2D eigenvalue weighted by Crippen LogP contribution is 2.28. The van der Waals surface area contributed by atoms with Crippen LogP contribution in [0.25, 0.3) is 5.69 Å². The molecule has 2 aromatic rings. The second-order valence-corrected chi connectivity index (χ2v) is 4.50. The van der Waals surface area contributed by atoms with Gasteiger partial charge in [0.1, 0.15) is 5.75 Å². The smallest absolute Gasteiger partial charge is 0.335 e. The van der Waals surface area contributed by atoms with Crippen LogP contribution >= 0.6 is 11.6 Å². The number of nitrogens with zero attached hydrogens (tertiary/aromatic N) is 1. The second kappa shape index (κ2) is 5.42. The van der Waals surface area contributed by atoms with Crippen molar-refractivity contribution in [3.05, 3.63) is 49.6 Å². The number of aromatic hydroxyl groups is 1. The highest BCUT2D eigenvalue weighted by molar-refractivity contribution is 6.30. The van der Waals surface area contributed by atoms with Gasteiger partial charge in [0.05, 0.1) is 18.4 Å². The number of aromatic amines is 1. The maximum absolute atomic E-state index is 12.0. The van der Waals surface area contributed by atoms with Crippen molar-refractivity contribution in [3.8, 4) is 17.3 Å². The summed E-state index contributed by atoms with van der Waals surface area (Å²) in [6.45, 7) is 1.70. The summed E-state index contributed by atoms with van der Waals surface area (Å²) in [5.74, 6) is -0.0669. The number of aromatic nitrogens is 2. The fourth-order valence-electron chi connectivity index (χ4n) is 1.94. The standard InChI is InChI=1S/C13H13ClN2O4/c1-3-8-11(17)15-13(19)16(12(8)18)9-6-7(14)4-5-10(9)20-2/h4-6,18H,3H2,1-2H3,(H,15,17,19). The number of nitrogens with one attached hydrogen (secondary N) is 1. The Balaban J connectivity index is 2.86. The first-order chi connectivity index (χ1) is 9.49. The highest BCUT2D eigenvalue weighted by atomic mass is 35.5. The monoisotopic (exact) mass is 296 g/mol. The number of methoxy groups -OCH3 is 1. The van der Waals surface area contributed by atoms with E-state index in [0.29, 0.717) is 10.8 Å². The zero-order valence-corrected chi connectivity index (χ0v) is 11.7. The molecule has 0 radical (unpaired) electrons. The van der Waals surface area contributed by atoms with Crippen molar-refractivity contribution in [1.29, 1.82) is 0 Å². The lowest BCUT2D eigenvalue weighted by Gasteiger charge is -2.14. The zero-order valence-electron chi connectivity index (χ0n) is 10.9. The van der Waals surface area contributed by atoms with Crippen LogP contribution in [0.3, 0.4) is 0 Å². The van der Waals surface area contributed by atoms with Crippen molar-refractivity contribution in [3.63, 3.8) is 0 Å². The lowest BCUT2D eigenvalue weighted by atomic mass is 10.2. The maximum atomic E-state index is 12.0. The van der Waals surface area contributed by atoms with Crippen molar-refractivity contribution >= 4 is 11.6 Å². The van der Waals surface area contributed by atoms with E-state index in [-0.39, 0.29) is 17.7 Å². The van der Waals surface area contributed by atoms with E-state index in [4.69, 9.17) is 16.3 Å². The van der Waals surface area contributed by atoms with Gasteiger partial charge in [-0.3, -0.25) is 9.78 Å². The molecule has 0 atom stereocenters. The van der Waals surface area contributed by atoms with Crippen LogP contribution in [0.1, 0.15) is 12.5 Å². The maximum Gasteiger partial charge on any atom is 0.335 e. The molecular formula is C13H13ClN2O4. The van der Waals surface area contributed by atoms with Crippen molar-refractivity contribution in [2.45, 2.75) is 13.3 Å². The molecule has 7 heteroatoms. The first-order valence-electron chi connectivity index (χ1n) is 5.90. The molecule has 1 heterocycles. The fraction of sp³-hybridized carbons (Fsp3) is 0.231. The van der Waals surface area contributed by atoms with Crippen molar-refractivity contribution in [2.24, 2.45) is 0 Å². The predicted molar refractivity (Wildman–Crippen MR) is 75.3 cm³/mol. The molecule has 0 bridgehead atoms. The van der Waals surface area contributed by atoms with Gasteiger partial charge in [0.15, 0.2) is 0 Å². The summed E-state index contributed by atoms with van der Waals surface area (Å²) in [7, 11) is 1.43. The molecule has 0 aliphatic carbocycles. The largest absolute Gasteiger partial charge is 0.495 e. The van der Waals surface area contributed by atoms with E-state index in [1.807, 2.05) is 0 Å². The Morgan fingerprint density at radius 1 is 1.40 bits per heavy atom.